The number of hydrogen-bond donors (Lipinski definition) is 0. The highest BCUT2D eigenvalue weighted by Gasteiger charge is 2.35. The van der Waals surface area contributed by atoms with E-state index in [2.05, 4.69) is 14.9 Å². The maximum absolute atomic E-state index is 12.5. The second kappa shape index (κ2) is 4.60. The first-order chi connectivity index (χ1) is 7.97. The Morgan fingerprint density at radius 1 is 1.41 bits per heavy atom. The van der Waals surface area contributed by atoms with E-state index in [-0.39, 0.29) is 5.92 Å². The van der Waals surface area contributed by atoms with E-state index < -0.39 is 12.0 Å². The molecule has 1 aromatic rings. The van der Waals surface area contributed by atoms with E-state index in [1.165, 1.54) is 6.20 Å². The summed E-state index contributed by atoms with van der Waals surface area (Å²) in [6.45, 7) is 1.75. The molecule has 2 heterocycles. The fourth-order valence-corrected chi connectivity index (χ4v) is 2.14. The predicted octanol–water partition coefficient (Wildman–Crippen LogP) is 2.30. The maximum atomic E-state index is 12.5. The molecule has 94 valence electrons. The van der Waals surface area contributed by atoms with Gasteiger partial charge in [0.1, 0.15) is 0 Å². The summed E-state index contributed by atoms with van der Waals surface area (Å²) in [6, 6.07) is 1.58. The molecule has 0 amide bonds. The first kappa shape index (κ1) is 12.3. The van der Waals surface area contributed by atoms with Gasteiger partial charge in [0, 0.05) is 24.4 Å². The van der Waals surface area contributed by atoms with Crippen LogP contribution in [0.25, 0.3) is 0 Å². The Morgan fingerprint density at radius 3 is 2.82 bits per heavy atom. The summed E-state index contributed by atoms with van der Waals surface area (Å²) >= 11 is 0. The molecule has 0 aromatic carbocycles. The van der Waals surface area contributed by atoms with Gasteiger partial charge in [-0.1, -0.05) is 0 Å². The van der Waals surface area contributed by atoms with Crippen LogP contribution >= 0.6 is 0 Å². The van der Waals surface area contributed by atoms with Gasteiger partial charge in [-0.05, 0) is 32.5 Å². The van der Waals surface area contributed by atoms with E-state index in [9.17, 15) is 13.2 Å². The molecular weight excluding hydrogens is 231 g/mol. The molecule has 0 saturated carbocycles. The SMILES string of the molecule is CN1CCCC(c2ccnc(C(F)(F)F)n2)C1. The van der Waals surface area contributed by atoms with E-state index in [0.29, 0.717) is 5.69 Å². The monoisotopic (exact) mass is 245 g/mol. The van der Waals surface area contributed by atoms with Gasteiger partial charge in [-0.2, -0.15) is 13.2 Å². The molecule has 0 aliphatic carbocycles. The van der Waals surface area contributed by atoms with Crippen LogP contribution < -0.4 is 0 Å². The number of likely N-dealkylation sites (N-methyl/N-ethyl adjacent to an activating group) is 1. The van der Waals surface area contributed by atoms with E-state index in [1.54, 1.807) is 6.07 Å². The highest BCUT2D eigenvalue weighted by Crippen LogP contribution is 2.29. The van der Waals surface area contributed by atoms with E-state index in [1.807, 2.05) is 7.05 Å². The van der Waals surface area contributed by atoms with Crippen LogP contribution in [0.3, 0.4) is 0 Å². The topological polar surface area (TPSA) is 29.0 Å². The van der Waals surface area contributed by atoms with E-state index in [0.717, 1.165) is 25.9 Å². The molecular formula is C11H14F3N3. The first-order valence-electron chi connectivity index (χ1n) is 5.55. The van der Waals surface area contributed by atoms with Crippen LogP contribution in [0.5, 0.6) is 0 Å². The minimum absolute atomic E-state index is 0.0813. The molecule has 2 rings (SSSR count). The smallest absolute Gasteiger partial charge is 0.306 e. The van der Waals surface area contributed by atoms with Gasteiger partial charge in [-0.3, -0.25) is 0 Å². The quantitative estimate of drug-likeness (QED) is 0.760. The average Bonchev–Trinajstić information content (AvgIpc) is 2.28. The summed E-state index contributed by atoms with van der Waals surface area (Å²) < 4.78 is 37.4. The second-order valence-corrected chi connectivity index (χ2v) is 4.40. The molecule has 1 aliphatic heterocycles. The van der Waals surface area contributed by atoms with Crippen LogP contribution in [0.2, 0.25) is 0 Å². The van der Waals surface area contributed by atoms with Gasteiger partial charge < -0.3 is 4.90 Å². The van der Waals surface area contributed by atoms with Gasteiger partial charge in [0.15, 0.2) is 0 Å². The summed E-state index contributed by atoms with van der Waals surface area (Å²) in [5, 5.41) is 0. The van der Waals surface area contributed by atoms with Crippen molar-refractivity contribution in [2.75, 3.05) is 20.1 Å². The van der Waals surface area contributed by atoms with Crippen LogP contribution in [0.1, 0.15) is 30.3 Å². The molecule has 6 heteroatoms. The molecule has 1 aromatic heterocycles. The number of piperidine rings is 1. The van der Waals surface area contributed by atoms with Gasteiger partial charge in [0.05, 0.1) is 0 Å². The lowest BCUT2D eigenvalue weighted by Crippen LogP contribution is -2.31. The Bertz CT molecular complexity index is 392. The van der Waals surface area contributed by atoms with Crippen molar-refractivity contribution in [3.05, 3.63) is 23.8 Å². The van der Waals surface area contributed by atoms with Gasteiger partial charge in [0.2, 0.25) is 5.82 Å². The van der Waals surface area contributed by atoms with Crippen LogP contribution in [-0.2, 0) is 6.18 Å². The van der Waals surface area contributed by atoms with Gasteiger partial charge in [-0.15, -0.1) is 0 Å². The molecule has 1 aliphatic rings. The molecule has 0 N–H and O–H groups in total. The third-order valence-corrected chi connectivity index (χ3v) is 2.97. The van der Waals surface area contributed by atoms with Crippen molar-refractivity contribution in [3.8, 4) is 0 Å². The van der Waals surface area contributed by atoms with E-state index >= 15 is 0 Å². The minimum Gasteiger partial charge on any atom is -0.306 e. The van der Waals surface area contributed by atoms with Gasteiger partial charge in [0.25, 0.3) is 0 Å². The van der Waals surface area contributed by atoms with Crippen LogP contribution in [-0.4, -0.2) is 35.0 Å². The fraction of sp³-hybridized carbons (Fsp3) is 0.636. The molecule has 0 bridgehead atoms. The predicted molar refractivity (Wildman–Crippen MR) is 56.5 cm³/mol. The highest BCUT2D eigenvalue weighted by molar-refractivity contribution is 5.11. The number of likely N-dealkylation sites (tertiary alicyclic amines) is 1. The summed E-state index contributed by atoms with van der Waals surface area (Å²) in [5.74, 6) is -0.957. The Kier molecular flexibility index (Phi) is 3.33. The summed E-state index contributed by atoms with van der Waals surface area (Å²) in [7, 11) is 1.97. The van der Waals surface area contributed by atoms with Crippen LogP contribution in [0.4, 0.5) is 13.2 Å². The molecule has 1 unspecified atom stereocenters. The third kappa shape index (κ3) is 2.94. The lowest BCUT2D eigenvalue weighted by Gasteiger charge is -2.29. The molecule has 1 atom stereocenters. The van der Waals surface area contributed by atoms with Crippen molar-refractivity contribution in [1.29, 1.82) is 0 Å². The second-order valence-electron chi connectivity index (χ2n) is 4.40. The number of rotatable bonds is 1. The molecule has 1 saturated heterocycles. The number of hydrogen-bond acceptors (Lipinski definition) is 3. The van der Waals surface area contributed by atoms with Crippen molar-refractivity contribution in [2.24, 2.45) is 0 Å². The Morgan fingerprint density at radius 2 is 2.18 bits per heavy atom. The van der Waals surface area contributed by atoms with Crippen LogP contribution in [0, 0.1) is 0 Å². The largest absolute Gasteiger partial charge is 0.451 e. The van der Waals surface area contributed by atoms with Gasteiger partial charge in [-0.25, -0.2) is 9.97 Å². The first-order valence-corrected chi connectivity index (χ1v) is 5.55. The summed E-state index contributed by atoms with van der Waals surface area (Å²) in [6.07, 6.45) is -1.39. The standard InChI is InChI=1S/C11H14F3N3/c1-17-6-2-3-8(7-17)9-4-5-15-10(16-9)11(12,13)14/h4-5,8H,2-3,6-7H2,1H3. The van der Waals surface area contributed by atoms with Crippen molar-refractivity contribution < 1.29 is 13.2 Å². The van der Waals surface area contributed by atoms with E-state index in [4.69, 9.17) is 0 Å². The zero-order valence-electron chi connectivity index (χ0n) is 9.54. The Hall–Kier alpha value is -1.17. The zero-order chi connectivity index (χ0) is 12.5. The van der Waals surface area contributed by atoms with Gasteiger partial charge >= 0.3 is 6.18 Å². The number of aromatic nitrogens is 2. The minimum atomic E-state index is -4.46. The number of alkyl halides is 3. The summed E-state index contributed by atoms with van der Waals surface area (Å²) in [4.78, 5) is 9.03. The normalized spacial score (nSPS) is 22.7. The summed E-state index contributed by atoms with van der Waals surface area (Å²) in [5.41, 5.74) is 0.499. The Labute approximate surface area is 97.7 Å². The van der Waals surface area contributed by atoms with Crippen molar-refractivity contribution in [3.63, 3.8) is 0 Å². The molecule has 0 radical (unpaired) electrons. The zero-order valence-corrected chi connectivity index (χ0v) is 9.54. The lowest BCUT2D eigenvalue weighted by atomic mass is 9.95. The molecule has 0 spiro atoms. The van der Waals surface area contributed by atoms with Crippen molar-refractivity contribution >= 4 is 0 Å². The Balaban J connectivity index is 2.21. The third-order valence-electron chi connectivity index (χ3n) is 2.97. The molecule has 1 fully saturated rings. The molecule has 17 heavy (non-hydrogen) atoms. The van der Waals surface area contributed by atoms with Crippen LogP contribution in [0.15, 0.2) is 12.3 Å². The average molecular weight is 245 g/mol. The lowest BCUT2D eigenvalue weighted by molar-refractivity contribution is -0.145. The fourth-order valence-electron chi connectivity index (χ4n) is 2.14. The van der Waals surface area contributed by atoms with Crippen molar-refractivity contribution in [1.82, 2.24) is 14.9 Å². The van der Waals surface area contributed by atoms with Crippen molar-refractivity contribution in [2.45, 2.75) is 24.9 Å². The number of halogens is 3. The molecule has 3 nitrogen and oxygen atoms in total. The maximum Gasteiger partial charge on any atom is 0.451 e. The highest BCUT2D eigenvalue weighted by atomic mass is 19.4. The number of nitrogens with zero attached hydrogens (tertiary/aromatic N) is 3.